The predicted molar refractivity (Wildman–Crippen MR) is 71.0 cm³/mol. The Morgan fingerprint density at radius 2 is 2.00 bits per heavy atom. The first-order valence-corrected chi connectivity index (χ1v) is 6.05. The Morgan fingerprint density at radius 1 is 1.21 bits per heavy atom. The summed E-state index contributed by atoms with van der Waals surface area (Å²) in [6, 6.07) is 5.17. The molecule has 2 heterocycles. The van der Waals surface area contributed by atoms with Crippen LogP contribution in [0.15, 0.2) is 33.5 Å². The summed E-state index contributed by atoms with van der Waals surface area (Å²) in [5.74, 6) is 0.110. The smallest absolute Gasteiger partial charge is 0.344 e. The summed E-state index contributed by atoms with van der Waals surface area (Å²) in [6.45, 7) is 3.66. The van der Waals surface area contributed by atoms with Crippen molar-refractivity contribution in [1.29, 1.82) is 0 Å². The molecule has 1 aromatic carbocycles. The Morgan fingerprint density at radius 3 is 2.74 bits per heavy atom. The van der Waals surface area contributed by atoms with Gasteiger partial charge in [0.2, 0.25) is 0 Å². The van der Waals surface area contributed by atoms with Crippen molar-refractivity contribution in [3.8, 4) is 0 Å². The number of rotatable bonds is 1. The Labute approximate surface area is 109 Å². The summed E-state index contributed by atoms with van der Waals surface area (Å²) in [5.41, 5.74) is 0.821. The highest BCUT2D eigenvalue weighted by molar-refractivity contribution is 5.99. The number of hydrogen-bond donors (Lipinski definition) is 0. The maximum Gasteiger partial charge on any atom is 0.344 e. The molecule has 0 saturated heterocycles. The van der Waals surface area contributed by atoms with Crippen LogP contribution >= 0.6 is 0 Å². The van der Waals surface area contributed by atoms with Crippen LogP contribution in [0.1, 0.15) is 41.6 Å². The lowest BCUT2D eigenvalue weighted by atomic mass is 10.0. The molecule has 1 aliphatic heterocycles. The van der Waals surface area contributed by atoms with Crippen molar-refractivity contribution >= 4 is 22.8 Å². The van der Waals surface area contributed by atoms with Crippen molar-refractivity contribution in [2.24, 2.45) is 0 Å². The van der Waals surface area contributed by atoms with Crippen molar-refractivity contribution in [3.63, 3.8) is 0 Å². The van der Waals surface area contributed by atoms with Gasteiger partial charge in [-0.15, -0.1) is 0 Å². The Balaban J connectivity index is 2.34. The summed E-state index contributed by atoms with van der Waals surface area (Å²) in [5, 5.41) is 1.16. The number of benzene rings is 1. The van der Waals surface area contributed by atoms with E-state index in [4.69, 9.17) is 9.15 Å². The van der Waals surface area contributed by atoms with Crippen LogP contribution in [0.3, 0.4) is 0 Å². The van der Waals surface area contributed by atoms with Crippen LogP contribution in [0.5, 0.6) is 0 Å². The van der Waals surface area contributed by atoms with Gasteiger partial charge >= 0.3 is 11.6 Å². The number of ether oxygens (including phenoxy) is 1. The van der Waals surface area contributed by atoms with Gasteiger partial charge in [-0.05, 0) is 43.5 Å². The second-order valence-electron chi connectivity index (χ2n) is 4.51. The molecule has 3 rings (SSSR count). The zero-order valence-corrected chi connectivity index (χ0v) is 10.6. The first kappa shape index (κ1) is 11.7. The van der Waals surface area contributed by atoms with E-state index in [-0.39, 0.29) is 12.1 Å². The Kier molecular flexibility index (Phi) is 2.52. The molecule has 0 spiro atoms. The number of carbonyl (C=O) groups excluding carboxylic acids is 1. The molecule has 0 unspecified atom stereocenters. The maximum absolute atomic E-state index is 11.9. The molecule has 0 N–H and O–H groups in total. The summed E-state index contributed by atoms with van der Waals surface area (Å²) < 4.78 is 10.3. The molecule has 2 aromatic rings. The van der Waals surface area contributed by atoms with E-state index in [1.165, 1.54) is 0 Å². The van der Waals surface area contributed by atoms with E-state index >= 15 is 0 Å². The van der Waals surface area contributed by atoms with Crippen LogP contribution in [0, 0.1) is 0 Å². The van der Waals surface area contributed by atoms with Gasteiger partial charge in [-0.3, -0.25) is 0 Å². The predicted octanol–water partition coefficient (Wildman–Crippen LogP) is 3.06. The van der Waals surface area contributed by atoms with Crippen LogP contribution in [0.2, 0.25) is 0 Å². The molecule has 0 radical (unpaired) electrons. The third kappa shape index (κ3) is 1.76. The van der Waals surface area contributed by atoms with Gasteiger partial charge in [0, 0.05) is 5.56 Å². The summed E-state index contributed by atoms with van der Waals surface area (Å²) in [6.07, 6.45) is 3.25. The molecule has 4 nitrogen and oxygen atoms in total. The number of cyclic esters (lactones) is 1. The Bertz CT molecular complexity index is 768. The highest BCUT2D eigenvalue weighted by atomic mass is 16.5. The van der Waals surface area contributed by atoms with Crippen molar-refractivity contribution in [1.82, 2.24) is 0 Å². The fourth-order valence-corrected chi connectivity index (χ4v) is 2.32. The molecule has 0 aliphatic carbocycles. The number of hydrogen-bond acceptors (Lipinski definition) is 4. The van der Waals surface area contributed by atoms with Gasteiger partial charge in [0.15, 0.2) is 0 Å². The van der Waals surface area contributed by atoms with E-state index in [0.717, 1.165) is 10.9 Å². The van der Waals surface area contributed by atoms with Crippen molar-refractivity contribution in [2.45, 2.75) is 20.0 Å². The van der Waals surface area contributed by atoms with Crippen molar-refractivity contribution < 1.29 is 13.9 Å². The van der Waals surface area contributed by atoms with Crippen LogP contribution in [0.25, 0.3) is 16.8 Å². The lowest BCUT2D eigenvalue weighted by molar-refractivity contribution is 0.0422. The van der Waals surface area contributed by atoms with Crippen LogP contribution in [-0.4, -0.2) is 5.97 Å². The normalized spacial score (nSPS) is 18.0. The third-order valence-electron chi connectivity index (χ3n) is 3.22. The minimum Gasteiger partial charge on any atom is -0.454 e. The maximum atomic E-state index is 11.9. The zero-order valence-electron chi connectivity index (χ0n) is 10.6. The topological polar surface area (TPSA) is 56.5 Å². The molecule has 0 saturated carbocycles. The molecule has 96 valence electrons. The van der Waals surface area contributed by atoms with Gasteiger partial charge in [-0.2, -0.15) is 0 Å². The molecule has 19 heavy (non-hydrogen) atoms. The van der Waals surface area contributed by atoms with Crippen molar-refractivity contribution in [2.75, 3.05) is 0 Å². The van der Waals surface area contributed by atoms with Gasteiger partial charge in [0.25, 0.3) is 0 Å². The van der Waals surface area contributed by atoms with Gasteiger partial charge in [0.1, 0.15) is 11.9 Å². The van der Waals surface area contributed by atoms with E-state index in [9.17, 15) is 9.59 Å². The van der Waals surface area contributed by atoms with Gasteiger partial charge in [-0.1, -0.05) is 6.08 Å². The number of carbonyl (C=O) groups is 1. The number of fused-ring (bicyclic) bond motifs is 2. The average molecular weight is 256 g/mol. The summed E-state index contributed by atoms with van der Waals surface area (Å²) in [7, 11) is 0. The third-order valence-corrected chi connectivity index (χ3v) is 3.22. The van der Waals surface area contributed by atoms with Crippen LogP contribution < -0.4 is 5.63 Å². The number of esters is 1. The van der Waals surface area contributed by atoms with Crippen LogP contribution in [-0.2, 0) is 4.74 Å². The molecular weight excluding hydrogens is 244 g/mol. The van der Waals surface area contributed by atoms with Gasteiger partial charge in [0.05, 0.1) is 10.9 Å². The molecule has 0 bridgehead atoms. The SMILES string of the molecule is C/C=C/c1cc2cc3c(cc2c(=O)o1)C(=O)O[C@H]3C. The monoisotopic (exact) mass is 256 g/mol. The fraction of sp³-hybridized carbons (Fsp3) is 0.200. The molecule has 1 aromatic heterocycles. The van der Waals surface area contributed by atoms with Gasteiger partial charge < -0.3 is 9.15 Å². The first-order valence-electron chi connectivity index (χ1n) is 6.05. The van der Waals surface area contributed by atoms with Gasteiger partial charge in [-0.25, -0.2) is 9.59 Å². The van der Waals surface area contributed by atoms with E-state index in [0.29, 0.717) is 16.7 Å². The average Bonchev–Trinajstić information content (AvgIpc) is 2.63. The van der Waals surface area contributed by atoms with E-state index in [1.54, 1.807) is 24.3 Å². The van der Waals surface area contributed by atoms with E-state index < -0.39 is 5.63 Å². The van der Waals surface area contributed by atoms with Crippen molar-refractivity contribution in [3.05, 3.63) is 51.6 Å². The van der Waals surface area contributed by atoms with Crippen LogP contribution in [0.4, 0.5) is 0 Å². The quantitative estimate of drug-likeness (QED) is 0.736. The zero-order chi connectivity index (χ0) is 13.6. The molecular formula is C15H12O4. The second kappa shape index (κ2) is 4.09. The molecule has 1 atom stereocenters. The minimum absolute atomic E-state index is 0.274. The molecule has 0 amide bonds. The van der Waals surface area contributed by atoms with E-state index in [2.05, 4.69) is 0 Å². The fourth-order valence-electron chi connectivity index (χ4n) is 2.32. The largest absolute Gasteiger partial charge is 0.454 e. The first-order chi connectivity index (χ1) is 9.10. The highest BCUT2D eigenvalue weighted by Crippen LogP contribution is 2.32. The summed E-state index contributed by atoms with van der Waals surface area (Å²) in [4.78, 5) is 23.5. The molecule has 4 heteroatoms. The minimum atomic E-state index is -0.444. The highest BCUT2D eigenvalue weighted by Gasteiger charge is 2.28. The standard InChI is InChI=1S/C15H12O4/c1-3-4-10-5-9-6-11-8(2)18-15(17)13(11)7-12(9)14(16)19-10/h3-8H,1-2H3/b4-3+/t8-/m0/s1. The number of allylic oxidation sites excluding steroid dienone is 1. The summed E-state index contributed by atoms with van der Waals surface area (Å²) >= 11 is 0. The lowest BCUT2D eigenvalue weighted by Crippen LogP contribution is -2.02. The second-order valence-corrected chi connectivity index (χ2v) is 4.51. The molecule has 0 fully saturated rings. The Hall–Kier alpha value is -2.36. The van der Waals surface area contributed by atoms with E-state index in [1.807, 2.05) is 19.9 Å². The molecule has 1 aliphatic rings. The lowest BCUT2D eigenvalue weighted by Gasteiger charge is -2.04.